The Labute approximate surface area is 115 Å². The Hall–Kier alpha value is -1.88. The Balaban J connectivity index is 2.34. The van der Waals surface area contributed by atoms with Gasteiger partial charge in [0.25, 0.3) is 0 Å². The van der Waals surface area contributed by atoms with Crippen LogP contribution in [0.2, 0.25) is 5.02 Å². The van der Waals surface area contributed by atoms with Gasteiger partial charge in [0, 0.05) is 16.3 Å². The molecule has 3 N–H and O–H groups in total. The van der Waals surface area contributed by atoms with E-state index in [1.54, 1.807) is 6.07 Å². The van der Waals surface area contributed by atoms with Crippen molar-refractivity contribution < 1.29 is 4.39 Å². The third-order valence-corrected chi connectivity index (χ3v) is 2.82. The van der Waals surface area contributed by atoms with Crippen molar-refractivity contribution in [1.29, 1.82) is 0 Å². The van der Waals surface area contributed by atoms with Gasteiger partial charge in [0.2, 0.25) is 0 Å². The molecule has 0 saturated heterocycles. The zero-order chi connectivity index (χ0) is 13.8. The van der Waals surface area contributed by atoms with Crippen LogP contribution in [-0.4, -0.2) is 9.97 Å². The number of anilines is 3. The summed E-state index contributed by atoms with van der Waals surface area (Å²) in [5.74, 6) is 0.604. The van der Waals surface area contributed by atoms with Crippen LogP contribution in [0, 0.1) is 5.82 Å². The maximum atomic E-state index is 13.3. The molecule has 19 heavy (non-hydrogen) atoms. The number of halogens is 2. The van der Waals surface area contributed by atoms with E-state index in [9.17, 15) is 4.39 Å². The van der Waals surface area contributed by atoms with E-state index in [0.717, 1.165) is 18.4 Å². The molecule has 1 heterocycles. The standard InChI is InChI=1S/C13H14ClFN4/c1-2-3-11-12(16)17-7-18-13(11)19-10-5-8(14)4-9(15)6-10/h4-7H,2-3H2,1H3,(H3,16,17,18,19). The fourth-order valence-electron chi connectivity index (χ4n) is 1.79. The average molecular weight is 281 g/mol. The quantitative estimate of drug-likeness (QED) is 0.899. The van der Waals surface area contributed by atoms with E-state index in [1.165, 1.54) is 18.5 Å². The summed E-state index contributed by atoms with van der Waals surface area (Å²) >= 11 is 5.81. The molecule has 0 aliphatic rings. The number of nitrogens with two attached hydrogens (primary N) is 1. The first kappa shape index (κ1) is 13.5. The molecule has 0 unspecified atom stereocenters. The highest BCUT2D eigenvalue weighted by atomic mass is 35.5. The summed E-state index contributed by atoms with van der Waals surface area (Å²) in [5.41, 5.74) is 7.18. The summed E-state index contributed by atoms with van der Waals surface area (Å²) in [6, 6.07) is 4.21. The van der Waals surface area contributed by atoms with Crippen LogP contribution in [0.4, 0.5) is 21.7 Å². The van der Waals surface area contributed by atoms with E-state index in [2.05, 4.69) is 15.3 Å². The minimum absolute atomic E-state index is 0.321. The smallest absolute Gasteiger partial charge is 0.139 e. The van der Waals surface area contributed by atoms with Crippen molar-refractivity contribution >= 4 is 28.9 Å². The van der Waals surface area contributed by atoms with E-state index in [0.29, 0.717) is 22.3 Å². The third-order valence-electron chi connectivity index (χ3n) is 2.60. The monoisotopic (exact) mass is 280 g/mol. The first-order valence-electron chi connectivity index (χ1n) is 5.92. The molecule has 2 rings (SSSR count). The molecule has 0 aliphatic heterocycles. The van der Waals surface area contributed by atoms with Gasteiger partial charge in [-0.15, -0.1) is 0 Å². The molecule has 0 saturated carbocycles. The largest absolute Gasteiger partial charge is 0.383 e. The van der Waals surface area contributed by atoms with Crippen molar-refractivity contribution in [2.45, 2.75) is 19.8 Å². The van der Waals surface area contributed by atoms with Gasteiger partial charge < -0.3 is 11.1 Å². The minimum Gasteiger partial charge on any atom is -0.383 e. The molecule has 2 aromatic rings. The van der Waals surface area contributed by atoms with E-state index >= 15 is 0 Å². The Morgan fingerprint density at radius 2 is 2.11 bits per heavy atom. The van der Waals surface area contributed by atoms with Crippen molar-refractivity contribution in [2.75, 3.05) is 11.1 Å². The van der Waals surface area contributed by atoms with Gasteiger partial charge in [-0.25, -0.2) is 14.4 Å². The third kappa shape index (κ3) is 3.32. The summed E-state index contributed by atoms with van der Waals surface area (Å²) in [4.78, 5) is 8.11. The molecule has 6 heteroatoms. The van der Waals surface area contributed by atoms with E-state index in [4.69, 9.17) is 17.3 Å². The highest BCUT2D eigenvalue weighted by Crippen LogP contribution is 2.25. The number of aromatic nitrogens is 2. The van der Waals surface area contributed by atoms with Crippen LogP contribution in [0.25, 0.3) is 0 Å². The molecule has 1 aromatic carbocycles. The number of nitrogens with zero attached hydrogens (tertiary/aromatic N) is 2. The molecular formula is C13H14ClFN4. The molecule has 100 valence electrons. The average Bonchev–Trinajstić information content (AvgIpc) is 2.32. The first-order chi connectivity index (χ1) is 9.10. The van der Waals surface area contributed by atoms with Crippen molar-refractivity contribution in [3.8, 4) is 0 Å². The first-order valence-corrected chi connectivity index (χ1v) is 6.30. The number of nitrogen functional groups attached to an aromatic ring is 1. The van der Waals surface area contributed by atoms with Gasteiger partial charge in [0.15, 0.2) is 0 Å². The molecule has 4 nitrogen and oxygen atoms in total. The lowest BCUT2D eigenvalue weighted by molar-refractivity contribution is 0.628. The number of nitrogens with one attached hydrogen (secondary N) is 1. The Morgan fingerprint density at radius 1 is 1.32 bits per heavy atom. The van der Waals surface area contributed by atoms with Crippen molar-refractivity contribution in [3.05, 3.63) is 40.9 Å². The molecular weight excluding hydrogens is 267 g/mol. The van der Waals surface area contributed by atoms with Crippen molar-refractivity contribution in [3.63, 3.8) is 0 Å². The van der Waals surface area contributed by atoms with Gasteiger partial charge in [0.05, 0.1) is 0 Å². The zero-order valence-corrected chi connectivity index (χ0v) is 11.2. The molecule has 0 amide bonds. The van der Waals surface area contributed by atoms with Gasteiger partial charge in [-0.05, 0) is 24.6 Å². The Bertz CT molecular complexity index is 569. The minimum atomic E-state index is -0.408. The van der Waals surface area contributed by atoms with Crippen LogP contribution in [-0.2, 0) is 6.42 Å². The second-order valence-corrected chi connectivity index (χ2v) is 4.56. The van der Waals surface area contributed by atoms with E-state index in [-0.39, 0.29) is 0 Å². The predicted octanol–water partition coefficient (Wildman–Crippen LogP) is 3.55. The van der Waals surface area contributed by atoms with Gasteiger partial charge in [-0.3, -0.25) is 0 Å². The number of rotatable bonds is 4. The molecule has 0 spiro atoms. The number of hydrogen-bond acceptors (Lipinski definition) is 4. The summed E-state index contributed by atoms with van der Waals surface area (Å²) in [7, 11) is 0. The molecule has 0 bridgehead atoms. The molecule has 0 fully saturated rings. The van der Waals surface area contributed by atoms with Crippen LogP contribution in [0.3, 0.4) is 0 Å². The number of benzene rings is 1. The summed E-state index contributed by atoms with van der Waals surface area (Å²) < 4.78 is 13.3. The van der Waals surface area contributed by atoms with Gasteiger partial charge in [-0.2, -0.15) is 0 Å². The normalized spacial score (nSPS) is 10.5. The maximum Gasteiger partial charge on any atom is 0.139 e. The topological polar surface area (TPSA) is 63.8 Å². The van der Waals surface area contributed by atoms with Crippen molar-refractivity contribution in [2.24, 2.45) is 0 Å². The second-order valence-electron chi connectivity index (χ2n) is 4.12. The molecule has 0 atom stereocenters. The molecule has 0 aliphatic carbocycles. The predicted molar refractivity (Wildman–Crippen MR) is 75.1 cm³/mol. The lowest BCUT2D eigenvalue weighted by atomic mass is 10.1. The fraction of sp³-hybridized carbons (Fsp3) is 0.231. The highest BCUT2D eigenvalue weighted by Gasteiger charge is 2.09. The van der Waals surface area contributed by atoms with Crippen molar-refractivity contribution in [1.82, 2.24) is 9.97 Å². The fourth-order valence-corrected chi connectivity index (χ4v) is 2.01. The summed E-state index contributed by atoms with van der Waals surface area (Å²) in [6.45, 7) is 2.04. The molecule has 0 radical (unpaired) electrons. The lowest BCUT2D eigenvalue weighted by Gasteiger charge is -2.12. The SMILES string of the molecule is CCCc1c(N)ncnc1Nc1cc(F)cc(Cl)c1. The summed E-state index contributed by atoms with van der Waals surface area (Å²) in [6.07, 6.45) is 3.03. The summed E-state index contributed by atoms with van der Waals surface area (Å²) in [5, 5.41) is 3.35. The lowest BCUT2D eigenvalue weighted by Crippen LogP contribution is -2.05. The van der Waals surface area contributed by atoms with Gasteiger partial charge in [0.1, 0.15) is 23.8 Å². The zero-order valence-electron chi connectivity index (χ0n) is 10.5. The van der Waals surface area contributed by atoms with E-state index in [1.807, 2.05) is 6.92 Å². The number of hydrogen-bond donors (Lipinski definition) is 2. The second kappa shape index (κ2) is 5.84. The Kier molecular flexibility index (Phi) is 4.16. The van der Waals surface area contributed by atoms with Crippen LogP contribution in [0.15, 0.2) is 24.5 Å². The highest BCUT2D eigenvalue weighted by molar-refractivity contribution is 6.30. The Morgan fingerprint density at radius 3 is 2.79 bits per heavy atom. The van der Waals surface area contributed by atoms with Gasteiger partial charge in [-0.1, -0.05) is 24.9 Å². The van der Waals surface area contributed by atoms with Crippen LogP contribution in [0.5, 0.6) is 0 Å². The van der Waals surface area contributed by atoms with Crippen LogP contribution in [0.1, 0.15) is 18.9 Å². The maximum absolute atomic E-state index is 13.3. The van der Waals surface area contributed by atoms with Gasteiger partial charge >= 0.3 is 0 Å². The molecule has 1 aromatic heterocycles. The van der Waals surface area contributed by atoms with Crippen LogP contribution >= 0.6 is 11.6 Å². The van der Waals surface area contributed by atoms with E-state index < -0.39 is 5.82 Å². The van der Waals surface area contributed by atoms with Crippen LogP contribution < -0.4 is 11.1 Å².